The Morgan fingerprint density at radius 1 is 1.22 bits per heavy atom. The molecule has 0 aliphatic carbocycles. The molecule has 0 atom stereocenters. The summed E-state index contributed by atoms with van der Waals surface area (Å²) in [6, 6.07) is 15.5. The fourth-order valence-corrected chi connectivity index (χ4v) is 3.26. The van der Waals surface area contributed by atoms with Crippen LogP contribution in [-0.4, -0.2) is 18.8 Å². The van der Waals surface area contributed by atoms with Crippen LogP contribution >= 0.6 is 23.4 Å². The lowest BCUT2D eigenvalue weighted by Gasteiger charge is -2.07. The molecule has 0 saturated heterocycles. The zero-order valence-corrected chi connectivity index (χ0v) is 14.6. The number of methoxy groups -OCH3 is 1. The van der Waals surface area contributed by atoms with Crippen LogP contribution < -0.4 is 10.1 Å². The van der Waals surface area contributed by atoms with E-state index in [4.69, 9.17) is 16.3 Å². The lowest BCUT2D eigenvalue weighted by Crippen LogP contribution is -2.23. The van der Waals surface area contributed by atoms with Crippen molar-refractivity contribution < 1.29 is 9.53 Å². The van der Waals surface area contributed by atoms with E-state index in [9.17, 15) is 4.79 Å². The van der Waals surface area contributed by atoms with Crippen molar-refractivity contribution in [3.63, 3.8) is 0 Å². The number of nitrogens with one attached hydrogen (secondary N) is 1. The Kier molecular flexibility index (Phi) is 7.30. The van der Waals surface area contributed by atoms with Gasteiger partial charge in [-0.3, -0.25) is 4.79 Å². The van der Waals surface area contributed by atoms with Crippen molar-refractivity contribution >= 4 is 29.3 Å². The van der Waals surface area contributed by atoms with Crippen LogP contribution in [0.4, 0.5) is 0 Å². The third-order valence-corrected chi connectivity index (χ3v) is 4.69. The molecule has 1 N–H and O–H groups in total. The average Bonchev–Trinajstić information content (AvgIpc) is 2.58. The second kappa shape index (κ2) is 9.48. The summed E-state index contributed by atoms with van der Waals surface area (Å²) in [5.41, 5.74) is 2.14. The Labute approximate surface area is 146 Å². The van der Waals surface area contributed by atoms with Gasteiger partial charge in [-0.2, -0.15) is 11.8 Å². The first-order valence-electron chi connectivity index (χ1n) is 7.40. The van der Waals surface area contributed by atoms with Gasteiger partial charge in [0.2, 0.25) is 5.91 Å². The number of thioether (sulfide) groups is 1. The van der Waals surface area contributed by atoms with Crippen LogP contribution in [0.25, 0.3) is 0 Å². The Hall–Kier alpha value is -1.65. The summed E-state index contributed by atoms with van der Waals surface area (Å²) in [6.07, 6.45) is 0.499. The summed E-state index contributed by atoms with van der Waals surface area (Å²) in [5, 5.41) is 3.71. The molecule has 0 heterocycles. The number of halogens is 1. The van der Waals surface area contributed by atoms with E-state index < -0.39 is 0 Å². The number of benzene rings is 2. The van der Waals surface area contributed by atoms with Gasteiger partial charge in [0, 0.05) is 29.5 Å². The predicted molar refractivity (Wildman–Crippen MR) is 97.1 cm³/mol. The van der Waals surface area contributed by atoms with Gasteiger partial charge < -0.3 is 10.1 Å². The second-order valence-electron chi connectivity index (χ2n) is 5.02. The molecule has 2 rings (SSSR count). The first kappa shape index (κ1) is 17.7. The third kappa shape index (κ3) is 6.16. The van der Waals surface area contributed by atoms with E-state index in [1.165, 1.54) is 0 Å². The largest absolute Gasteiger partial charge is 0.497 e. The molecule has 0 bridgehead atoms. The molecule has 3 nitrogen and oxygen atoms in total. The number of carbonyl (C=O) groups excluding carboxylic acids is 1. The van der Waals surface area contributed by atoms with Crippen LogP contribution in [0.2, 0.25) is 5.02 Å². The molecule has 0 saturated carbocycles. The molecule has 0 aromatic heterocycles. The zero-order valence-electron chi connectivity index (χ0n) is 13.0. The summed E-state index contributed by atoms with van der Waals surface area (Å²) in [4.78, 5) is 11.9. The normalized spacial score (nSPS) is 10.3. The SMILES string of the molecule is COc1cccc(CNC(=O)CCSCc2ccccc2Cl)c1. The highest BCUT2D eigenvalue weighted by atomic mass is 35.5. The van der Waals surface area contributed by atoms with Crippen LogP contribution in [0.15, 0.2) is 48.5 Å². The quantitative estimate of drug-likeness (QED) is 0.722. The van der Waals surface area contributed by atoms with Gasteiger partial charge >= 0.3 is 0 Å². The van der Waals surface area contributed by atoms with Gasteiger partial charge in [0.15, 0.2) is 0 Å². The maximum absolute atomic E-state index is 11.9. The zero-order chi connectivity index (χ0) is 16.5. The lowest BCUT2D eigenvalue weighted by atomic mass is 10.2. The van der Waals surface area contributed by atoms with E-state index in [-0.39, 0.29) is 5.91 Å². The van der Waals surface area contributed by atoms with Crippen molar-refractivity contribution in [2.45, 2.75) is 18.7 Å². The number of ether oxygens (including phenoxy) is 1. The van der Waals surface area contributed by atoms with Crippen molar-refractivity contribution in [2.24, 2.45) is 0 Å². The van der Waals surface area contributed by atoms with Gasteiger partial charge in [0.05, 0.1) is 7.11 Å². The summed E-state index contributed by atoms with van der Waals surface area (Å²) < 4.78 is 5.17. The predicted octanol–water partition coefficient (Wildman–Crippen LogP) is 4.29. The van der Waals surface area contributed by atoms with Gasteiger partial charge in [0.1, 0.15) is 5.75 Å². The molecule has 1 amide bonds. The van der Waals surface area contributed by atoms with Gasteiger partial charge in [-0.25, -0.2) is 0 Å². The van der Waals surface area contributed by atoms with Crippen LogP contribution in [0, 0.1) is 0 Å². The van der Waals surface area contributed by atoms with Crippen molar-refractivity contribution in [2.75, 3.05) is 12.9 Å². The van der Waals surface area contributed by atoms with E-state index >= 15 is 0 Å². The van der Waals surface area contributed by atoms with Gasteiger partial charge in [-0.1, -0.05) is 41.9 Å². The maximum Gasteiger partial charge on any atom is 0.221 e. The number of hydrogen-bond donors (Lipinski definition) is 1. The molecule has 2 aromatic rings. The summed E-state index contributed by atoms with van der Waals surface area (Å²) in [7, 11) is 1.63. The third-order valence-electron chi connectivity index (χ3n) is 3.31. The van der Waals surface area contributed by atoms with Gasteiger partial charge in [0.25, 0.3) is 0 Å². The topological polar surface area (TPSA) is 38.3 Å². The van der Waals surface area contributed by atoms with E-state index in [0.29, 0.717) is 13.0 Å². The molecular weight excluding hydrogens is 330 g/mol. The number of hydrogen-bond acceptors (Lipinski definition) is 3. The molecule has 0 aliphatic heterocycles. The second-order valence-corrected chi connectivity index (χ2v) is 6.53. The van der Waals surface area contributed by atoms with E-state index in [1.54, 1.807) is 18.9 Å². The highest BCUT2D eigenvalue weighted by Gasteiger charge is 2.04. The lowest BCUT2D eigenvalue weighted by molar-refractivity contribution is -0.120. The van der Waals surface area contributed by atoms with Crippen LogP contribution in [0.5, 0.6) is 5.75 Å². The minimum absolute atomic E-state index is 0.0551. The molecular formula is C18H20ClNO2S. The van der Waals surface area contributed by atoms with Gasteiger partial charge in [-0.15, -0.1) is 0 Å². The van der Waals surface area contributed by atoms with E-state index in [2.05, 4.69) is 5.32 Å². The number of amides is 1. The van der Waals surface area contributed by atoms with Crippen molar-refractivity contribution in [1.82, 2.24) is 5.32 Å². The van der Waals surface area contributed by atoms with Crippen molar-refractivity contribution in [3.05, 3.63) is 64.7 Å². The Bertz CT molecular complexity index is 648. The molecule has 122 valence electrons. The Balaban J connectivity index is 1.66. The van der Waals surface area contributed by atoms with Crippen molar-refractivity contribution in [3.8, 4) is 5.75 Å². The molecule has 0 unspecified atom stereocenters. The number of rotatable bonds is 8. The smallest absolute Gasteiger partial charge is 0.221 e. The molecule has 0 aliphatic rings. The molecule has 5 heteroatoms. The minimum atomic E-state index is 0.0551. The highest BCUT2D eigenvalue weighted by Crippen LogP contribution is 2.21. The first-order chi connectivity index (χ1) is 11.2. The number of carbonyl (C=O) groups is 1. The summed E-state index contributed by atoms with van der Waals surface area (Å²) >= 11 is 7.82. The van der Waals surface area contributed by atoms with Gasteiger partial charge in [-0.05, 0) is 29.3 Å². The molecule has 2 aromatic carbocycles. The first-order valence-corrected chi connectivity index (χ1v) is 8.93. The molecule has 0 fully saturated rings. The highest BCUT2D eigenvalue weighted by molar-refractivity contribution is 7.98. The van der Waals surface area contributed by atoms with Crippen LogP contribution in [0.3, 0.4) is 0 Å². The van der Waals surface area contributed by atoms with Crippen LogP contribution in [0.1, 0.15) is 17.5 Å². The fraction of sp³-hybridized carbons (Fsp3) is 0.278. The average molecular weight is 350 g/mol. The Morgan fingerprint density at radius 2 is 2.04 bits per heavy atom. The minimum Gasteiger partial charge on any atom is -0.497 e. The molecule has 0 spiro atoms. The van der Waals surface area contributed by atoms with Crippen LogP contribution in [-0.2, 0) is 17.1 Å². The summed E-state index contributed by atoms with van der Waals surface area (Å²) in [5.74, 6) is 2.45. The maximum atomic E-state index is 11.9. The molecule has 23 heavy (non-hydrogen) atoms. The Morgan fingerprint density at radius 3 is 2.83 bits per heavy atom. The monoisotopic (exact) mass is 349 g/mol. The van der Waals surface area contributed by atoms with Crippen molar-refractivity contribution in [1.29, 1.82) is 0 Å². The standard InChI is InChI=1S/C18H20ClNO2S/c1-22-16-7-4-5-14(11-16)12-20-18(21)9-10-23-13-15-6-2-3-8-17(15)19/h2-8,11H,9-10,12-13H2,1H3,(H,20,21). The van der Waals surface area contributed by atoms with E-state index in [1.807, 2.05) is 48.5 Å². The molecule has 0 radical (unpaired) electrons. The fourth-order valence-electron chi connectivity index (χ4n) is 2.03. The summed E-state index contributed by atoms with van der Waals surface area (Å²) in [6.45, 7) is 0.519. The van der Waals surface area contributed by atoms with E-state index in [0.717, 1.165) is 33.4 Å².